The molecule has 0 aliphatic heterocycles. The van der Waals surface area contributed by atoms with E-state index in [4.69, 9.17) is 13.6 Å². The van der Waals surface area contributed by atoms with Crippen LogP contribution in [-0.2, 0) is 23.2 Å². The molecule has 0 rings (SSSR count). The quantitative estimate of drug-likeness (QED) is 0.670. The van der Waals surface area contributed by atoms with Gasteiger partial charge in [0.1, 0.15) is 6.23 Å². The molecule has 0 saturated carbocycles. The van der Waals surface area contributed by atoms with Crippen molar-refractivity contribution >= 4 is 21.2 Å². The van der Waals surface area contributed by atoms with Crippen molar-refractivity contribution in [2.45, 2.75) is 40.2 Å². The lowest BCUT2D eigenvalue weighted by atomic mass is 10.2. The molecule has 0 N–H and O–H groups in total. The van der Waals surface area contributed by atoms with E-state index >= 15 is 0 Å². The average molecular weight is 234 g/mol. The summed E-state index contributed by atoms with van der Waals surface area (Å²) in [5.41, 5.74) is -0.342. The second-order valence-corrected chi connectivity index (χ2v) is 5.74. The molecule has 0 heterocycles. The van der Waals surface area contributed by atoms with Crippen molar-refractivity contribution in [2.75, 3.05) is 6.23 Å². The predicted molar refractivity (Wildman–Crippen MR) is 56.4 cm³/mol. The van der Waals surface area contributed by atoms with Gasteiger partial charge in [-0.3, -0.25) is 9.59 Å². The standard InChI is InChI=1S/C9H18O5Si/c1-7(10)13-15(14-8(2)11)6-12-9(3,4)5/h15H,6H2,1-5H3. The molecule has 88 valence electrons. The summed E-state index contributed by atoms with van der Waals surface area (Å²) >= 11 is 0. The van der Waals surface area contributed by atoms with E-state index in [1.807, 2.05) is 20.8 Å². The largest absolute Gasteiger partial charge is 0.486 e. The molecular weight excluding hydrogens is 216 g/mol. The van der Waals surface area contributed by atoms with Crippen LogP contribution >= 0.6 is 0 Å². The fourth-order valence-corrected chi connectivity index (χ4v) is 2.34. The Balaban J connectivity index is 4.12. The lowest BCUT2D eigenvalue weighted by molar-refractivity contribution is -0.138. The second-order valence-electron chi connectivity index (χ2n) is 4.07. The van der Waals surface area contributed by atoms with Crippen LogP contribution in [0.1, 0.15) is 34.6 Å². The van der Waals surface area contributed by atoms with Crippen molar-refractivity contribution in [3.63, 3.8) is 0 Å². The Morgan fingerprint density at radius 3 is 1.73 bits per heavy atom. The van der Waals surface area contributed by atoms with E-state index in [0.717, 1.165) is 0 Å². The molecule has 0 saturated heterocycles. The van der Waals surface area contributed by atoms with Gasteiger partial charge in [0.25, 0.3) is 11.9 Å². The highest BCUT2D eigenvalue weighted by Crippen LogP contribution is 2.07. The first kappa shape index (κ1) is 14.1. The highest BCUT2D eigenvalue weighted by Gasteiger charge is 2.23. The van der Waals surface area contributed by atoms with Crippen LogP contribution in [0.15, 0.2) is 0 Å². The summed E-state index contributed by atoms with van der Waals surface area (Å²) in [5, 5.41) is 0. The zero-order chi connectivity index (χ0) is 12.1. The lowest BCUT2D eigenvalue weighted by Crippen LogP contribution is -2.36. The molecule has 15 heavy (non-hydrogen) atoms. The number of ether oxygens (including phenoxy) is 1. The van der Waals surface area contributed by atoms with Crippen LogP contribution in [0.4, 0.5) is 0 Å². The molecule has 5 nitrogen and oxygen atoms in total. The molecule has 0 atom stereocenters. The minimum atomic E-state index is -2.37. The zero-order valence-corrected chi connectivity index (χ0v) is 11.0. The van der Waals surface area contributed by atoms with Crippen molar-refractivity contribution in [2.24, 2.45) is 0 Å². The van der Waals surface area contributed by atoms with Crippen molar-refractivity contribution < 1.29 is 23.2 Å². The zero-order valence-electron chi connectivity index (χ0n) is 9.83. The van der Waals surface area contributed by atoms with Gasteiger partial charge < -0.3 is 13.6 Å². The molecule has 0 aliphatic carbocycles. The van der Waals surface area contributed by atoms with E-state index in [1.54, 1.807) is 0 Å². The van der Waals surface area contributed by atoms with Crippen LogP contribution in [0.3, 0.4) is 0 Å². The number of carbonyl (C=O) groups excluding carboxylic acids is 2. The summed E-state index contributed by atoms with van der Waals surface area (Å²) in [5.74, 6) is -0.907. The molecule has 0 aliphatic rings. The molecular formula is C9H18O5Si. The first-order valence-electron chi connectivity index (χ1n) is 4.69. The third-order valence-corrected chi connectivity index (χ3v) is 2.88. The van der Waals surface area contributed by atoms with Gasteiger partial charge in [0.15, 0.2) is 0 Å². The molecule has 0 unspecified atom stereocenters. The van der Waals surface area contributed by atoms with Gasteiger partial charge in [0.05, 0.1) is 5.60 Å². The smallest absolute Gasteiger partial charge is 0.474 e. The number of rotatable bonds is 4. The SMILES string of the molecule is CC(=O)O[SiH](COC(C)(C)C)OC(C)=O. The monoisotopic (exact) mass is 234 g/mol. The molecule has 6 heteroatoms. The van der Waals surface area contributed by atoms with Crippen LogP contribution in [0, 0.1) is 0 Å². The van der Waals surface area contributed by atoms with E-state index in [9.17, 15) is 9.59 Å². The Bertz CT molecular complexity index is 217. The summed E-state index contributed by atoms with van der Waals surface area (Å²) in [4.78, 5) is 21.5. The molecule has 0 spiro atoms. The van der Waals surface area contributed by atoms with Gasteiger partial charge in [-0.2, -0.15) is 0 Å². The minimum Gasteiger partial charge on any atom is -0.486 e. The maximum Gasteiger partial charge on any atom is 0.474 e. The summed E-state index contributed by atoms with van der Waals surface area (Å²) in [6.07, 6.45) is 0.169. The number of hydrogen-bond donors (Lipinski definition) is 0. The molecule has 0 amide bonds. The highest BCUT2D eigenvalue weighted by atomic mass is 28.3. The van der Waals surface area contributed by atoms with Gasteiger partial charge in [-0.1, -0.05) is 0 Å². The molecule has 0 aromatic carbocycles. The van der Waals surface area contributed by atoms with Crippen LogP contribution in [0.2, 0.25) is 0 Å². The second kappa shape index (κ2) is 5.87. The molecule has 0 radical (unpaired) electrons. The Morgan fingerprint density at radius 1 is 1.07 bits per heavy atom. The van der Waals surface area contributed by atoms with E-state index in [2.05, 4.69) is 0 Å². The first-order valence-corrected chi connectivity index (χ1v) is 6.45. The maximum atomic E-state index is 10.7. The van der Waals surface area contributed by atoms with Crippen LogP contribution < -0.4 is 0 Å². The molecule has 0 aromatic heterocycles. The summed E-state index contributed by atoms with van der Waals surface area (Å²) in [6, 6.07) is 0. The summed E-state index contributed by atoms with van der Waals surface area (Å²) < 4.78 is 15.2. The van der Waals surface area contributed by atoms with Gasteiger partial charge >= 0.3 is 9.28 Å². The first-order chi connectivity index (χ1) is 6.70. The Kier molecular flexibility index (Phi) is 5.52. The van der Waals surface area contributed by atoms with Gasteiger partial charge in [-0.05, 0) is 20.8 Å². The van der Waals surface area contributed by atoms with Gasteiger partial charge in [-0.15, -0.1) is 0 Å². The predicted octanol–water partition coefficient (Wildman–Crippen LogP) is 0.687. The topological polar surface area (TPSA) is 61.8 Å². The Hall–Kier alpha value is -0.883. The van der Waals surface area contributed by atoms with Crippen LogP contribution in [-0.4, -0.2) is 33.1 Å². The fraction of sp³-hybridized carbons (Fsp3) is 0.778. The van der Waals surface area contributed by atoms with E-state index in [-0.39, 0.29) is 11.8 Å². The van der Waals surface area contributed by atoms with E-state index < -0.39 is 21.2 Å². The van der Waals surface area contributed by atoms with Crippen molar-refractivity contribution in [1.29, 1.82) is 0 Å². The van der Waals surface area contributed by atoms with Gasteiger partial charge in [0.2, 0.25) is 0 Å². The number of carbonyl (C=O) groups is 2. The van der Waals surface area contributed by atoms with Crippen LogP contribution in [0.5, 0.6) is 0 Å². The highest BCUT2D eigenvalue weighted by molar-refractivity contribution is 6.48. The Labute approximate surface area is 91.5 Å². The normalized spacial score (nSPS) is 11.3. The third kappa shape index (κ3) is 9.42. The Morgan fingerprint density at radius 2 is 1.47 bits per heavy atom. The third-order valence-electron chi connectivity index (χ3n) is 1.25. The molecule has 0 bridgehead atoms. The van der Waals surface area contributed by atoms with E-state index in [1.165, 1.54) is 13.8 Å². The average Bonchev–Trinajstić information content (AvgIpc) is 1.96. The molecule has 0 aromatic rings. The van der Waals surface area contributed by atoms with Crippen molar-refractivity contribution in [3.05, 3.63) is 0 Å². The molecule has 0 fully saturated rings. The van der Waals surface area contributed by atoms with E-state index in [0.29, 0.717) is 0 Å². The maximum absolute atomic E-state index is 10.7. The fourth-order valence-electron chi connectivity index (χ4n) is 0.780. The van der Waals surface area contributed by atoms with Crippen molar-refractivity contribution in [3.8, 4) is 0 Å². The van der Waals surface area contributed by atoms with Gasteiger partial charge in [-0.25, -0.2) is 0 Å². The van der Waals surface area contributed by atoms with Gasteiger partial charge in [0, 0.05) is 13.8 Å². The summed E-state index contributed by atoms with van der Waals surface area (Å²) in [6.45, 7) is 8.18. The number of hydrogen-bond acceptors (Lipinski definition) is 5. The van der Waals surface area contributed by atoms with Crippen LogP contribution in [0.25, 0.3) is 0 Å². The summed E-state index contributed by atoms with van der Waals surface area (Å²) in [7, 11) is -2.37. The lowest BCUT2D eigenvalue weighted by Gasteiger charge is -2.22. The van der Waals surface area contributed by atoms with Crippen molar-refractivity contribution in [1.82, 2.24) is 0 Å². The minimum absolute atomic E-state index is 0.169.